The van der Waals surface area contributed by atoms with Crippen molar-refractivity contribution in [3.05, 3.63) is 35.9 Å². The van der Waals surface area contributed by atoms with Gasteiger partial charge >= 0.3 is 0 Å². The summed E-state index contributed by atoms with van der Waals surface area (Å²) in [6, 6.07) is 9.06. The lowest BCUT2D eigenvalue weighted by Gasteiger charge is -2.32. The Morgan fingerprint density at radius 2 is 2.00 bits per heavy atom. The molecule has 20 heavy (non-hydrogen) atoms. The molecule has 0 spiro atoms. The van der Waals surface area contributed by atoms with Crippen LogP contribution in [0.4, 0.5) is 0 Å². The molecule has 1 fully saturated rings. The molecule has 1 aliphatic heterocycles. The van der Waals surface area contributed by atoms with Crippen molar-refractivity contribution in [3.8, 4) is 0 Å². The largest absolute Gasteiger partial charge is 0.388 e. The predicted octanol–water partition coefficient (Wildman–Crippen LogP) is 0.214. The van der Waals surface area contributed by atoms with E-state index in [0.29, 0.717) is 32.5 Å². The van der Waals surface area contributed by atoms with Gasteiger partial charge in [0.1, 0.15) is 0 Å². The van der Waals surface area contributed by atoms with E-state index in [1.165, 1.54) is 0 Å². The maximum Gasteiger partial charge on any atom is 0.237 e. The molecule has 1 aliphatic rings. The number of hydrogen-bond acceptors (Lipinski definition) is 4. The van der Waals surface area contributed by atoms with Crippen molar-refractivity contribution >= 4 is 5.91 Å². The molecule has 1 atom stereocenters. The predicted molar refractivity (Wildman–Crippen MR) is 76.1 cm³/mol. The number of nitrogens with two attached hydrogens (primary N) is 1. The van der Waals surface area contributed by atoms with Gasteiger partial charge in [0.15, 0.2) is 0 Å². The zero-order chi connectivity index (χ0) is 14.4. The molecule has 1 aromatic rings. The maximum atomic E-state index is 12.0. The molecule has 0 aromatic heterocycles. The summed E-state index contributed by atoms with van der Waals surface area (Å²) >= 11 is 0. The summed E-state index contributed by atoms with van der Waals surface area (Å²) in [6.45, 7) is 1.29. The van der Waals surface area contributed by atoms with E-state index in [-0.39, 0.29) is 12.5 Å². The van der Waals surface area contributed by atoms with Gasteiger partial charge in [0.2, 0.25) is 5.91 Å². The second kappa shape index (κ2) is 6.83. The Hall–Kier alpha value is -1.43. The van der Waals surface area contributed by atoms with Crippen LogP contribution in [0.15, 0.2) is 30.3 Å². The van der Waals surface area contributed by atoms with Crippen LogP contribution in [0.1, 0.15) is 18.4 Å². The zero-order valence-corrected chi connectivity index (χ0v) is 11.5. The van der Waals surface area contributed by atoms with Crippen molar-refractivity contribution < 1.29 is 14.6 Å². The molecule has 1 aromatic carbocycles. The van der Waals surface area contributed by atoms with Gasteiger partial charge in [-0.3, -0.25) is 4.79 Å². The van der Waals surface area contributed by atoms with Gasteiger partial charge in [0, 0.05) is 32.6 Å². The third kappa shape index (κ3) is 4.30. The Bertz CT molecular complexity index is 430. The van der Waals surface area contributed by atoms with E-state index in [0.717, 1.165) is 5.56 Å². The number of aliphatic hydroxyl groups is 1. The average molecular weight is 278 g/mol. The topological polar surface area (TPSA) is 84.6 Å². The van der Waals surface area contributed by atoms with E-state index in [2.05, 4.69) is 5.32 Å². The first-order valence-corrected chi connectivity index (χ1v) is 6.96. The van der Waals surface area contributed by atoms with Gasteiger partial charge in [-0.05, 0) is 12.0 Å². The van der Waals surface area contributed by atoms with E-state index in [4.69, 9.17) is 10.5 Å². The summed E-state index contributed by atoms with van der Waals surface area (Å²) in [5.41, 5.74) is 6.06. The Morgan fingerprint density at radius 3 is 2.65 bits per heavy atom. The van der Waals surface area contributed by atoms with Crippen molar-refractivity contribution in [3.63, 3.8) is 0 Å². The lowest BCUT2D eigenvalue weighted by molar-refractivity contribution is -0.125. The molecule has 110 valence electrons. The highest BCUT2D eigenvalue weighted by Gasteiger charge is 2.30. The molecular formula is C15H22N2O3. The standard InChI is InChI=1S/C15H22N2O3/c16-13(10-12-4-2-1-3-5-12)14(18)17-11-15(19)6-8-20-9-7-15/h1-5,13,19H,6-11,16H2,(H,17,18). The van der Waals surface area contributed by atoms with Gasteiger partial charge in [0.05, 0.1) is 11.6 Å². The first-order chi connectivity index (χ1) is 9.59. The number of ether oxygens (including phenoxy) is 1. The van der Waals surface area contributed by atoms with Gasteiger partial charge in [-0.1, -0.05) is 30.3 Å². The number of carbonyl (C=O) groups is 1. The third-order valence-electron chi connectivity index (χ3n) is 3.65. The maximum absolute atomic E-state index is 12.0. The molecule has 1 heterocycles. The second-order valence-corrected chi connectivity index (χ2v) is 5.35. The molecular weight excluding hydrogens is 256 g/mol. The number of carbonyl (C=O) groups excluding carboxylic acids is 1. The molecule has 5 nitrogen and oxygen atoms in total. The van der Waals surface area contributed by atoms with Crippen LogP contribution in [0, 0.1) is 0 Å². The van der Waals surface area contributed by atoms with Crippen molar-refractivity contribution in [1.29, 1.82) is 0 Å². The minimum absolute atomic E-state index is 0.228. The Balaban J connectivity index is 1.79. The second-order valence-electron chi connectivity index (χ2n) is 5.35. The summed E-state index contributed by atoms with van der Waals surface area (Å²) in [6.07, 6.45) is 1.58. The summed E-state index contributed by atoms with van der Waals surface area (Å²) in [5, 5.41) is 13.0. The first kappa shape index (κ1) is 15.0. The highest BCUT2D eigenvalue weighted by atomic mass is 16.5. The molecule has 5 heteroatoms. The summed E-state index contributed by atoms with van der Waals surface area (Å²) in [7, 11) is 0. The van der Waals surface area contributed by atoms with Crippen LogP contribution >= 0.6 is 0 Å². The minimum atomic E-state index is -0.861. The molecule has 1 amide bonds. The zero-order valence-electron chi connectivity index (χ0n) is 11.5. The van der Waals surface area contributed by atoms with E-state index >= 15 is 0 Å². The van der Waals surface area contributed by atoms with Crippen LogP contribution in [0.5, 0.6) is 0 Å². The van der Waals surface area contributed by atoms with Crippen LogP contribution in [0.3, 0.4) is 0 Å². The van der Waals surface area contributed by atoms with Crippen molar-refractivity contribution in [2.45, 2.75) is 30.9 Å². The highest BCUT2D eigenvalue weighted by Crippen LogP contribution is 2.19. The molecule has 1 saturated heterocycles. The van der Waals surface area contributed by atoms with Crippen LogP contribution in [0.2, 0.25) is 0 Å². The summed E-state index contributed by atoms with van der Waals surface area (Å²) in [4.78, 5) is 12.0. The number of nitrogens with one attached hydrogen (secondary N) is 1. The Kier molecular flexibility index (Phi) is 5.11. The van der Waals surface area contributed by atoms with Crippen LogP contribution < -0.4 is 11.1 Å². The fraction of sp³-hybridized carbons (Fsp3) is 0.533. The minimum Gasteiger partial charge on any atom is -0.388 e. The van der Waals surface area contributed by atoms with Gasteiger partial charge in [-0.15, -0.1) is 0 Å². The quantitative estimate of drug-likeness (QED) is 0.719. The molecule has 0 bridgehead atoms. The van der Waals surface area contributed by atoms with Crippen LogP contribution in [0.25, 0.3) is 0 Å². The van der Waals surface area contributed by atoms with Gasteiger partial charge in [0.25, 0.3) is 0 Å². The number of hydrogen-bond donors (Lipinski definition) is 3. The fourth-order valence-corrected chi connectivity index (χ4v) is 2.27. The van der Waals surface area contributed by atoms with E-state index in [1.54, 1.807) is 0 Å². The average Bonchev–Trinajstić information content (AvgIpc) is 2.46. The fourth-order valence-electron chi connectivity index (χ4n) is 2.27. The van der Waals surface area contributed by atoms with Crippen molar-refractivity contribution in [1.82, 2.24) is 5.32 Å². The molecule has 4 N–H and O–H groups in total. The molecule has 0 radical (unpaired) electrons. The van der Waals surface area contributed by atoms with Crippen molar-refractivity contribution in [2.24, 2.45) is 5.73 Å². The van der Waals surface area contributed by atoms with E-state index < -0.39 is 11.6 Å². The van der Waals surface area contributed by atoms with Crippen LogP contribution in [-0.4, -0.2) is 42.4 Å². The number of amides is 1. The molecule has 0 saturated carbocycles. The Morgan fingerprint density at radius 1 is 1.35 bits per heavy atom. The lowest BCUT2D eigenvalue weighted by atomic mass is 9.94. The first-order valence-electron chi connectivity index (χ1n) is 6.96. The molecule has 2 rings (SSSR count). The van der Waals surface area contributed by atoms with E-state index in [1.807, 2.05) is 30.3 Å². The lowest BCUT2D eigenvalue weighted by Crippen LogP contribution is -2.50. The number of rotatable bonds is 5. The highest BCUT2D eigenvalue weighted by molar-refractivity contribution is 5.81. The number of benzene rings is 1. The monoisotopic (exact) mass is 278 g/mol. The third-order valence-corrected chi connectivity index (χ3v) is 3.65. The van der Waals surface area contributed by atoms with Gasteiger partial charge in [-0.2, -0.15) is 0 Å². The van der Waals surface area contributed by atoms with E-state index in [9.17, 15) is 9.90 Å². The SMILES string of the molecule is NC(Cc1ccccc1)C(=O)NCC1(O)CCOCC1. The Labute approximate surface area is 119 Å². The smallest absolute Gasteiger partial charge is 0.237 e. The summed E-state index contributed by atoms with van der Waals surface area (Å²) < 4.78 is 5.20. The normalized spacial score (nSPS) is 19.3. The summed E-state index contributed by atoms with van der Waals surface area (Å²) in [5.74, 6) is -0.228. The molecule has 1 unspecified atom stereocenters. The van der Waals surface area contributed by atoms with Gasteiger partial charge < -0.3 is 20.9 Å². The molecule has 0 aliphatic carbocycles. The van der Waals surface area contributed by atoms with Gasteiger partial charge in [-0.25, -0.2) is 0 Å². The van der Waals surface area contributed by atoms with Crippen LogP contribution in [-0.2, 0) is 16.0 Å². The van der Waals surface area contributed by atoms with Crippen molar-refractivity contribution in [2.75, 3.05) is 19.8 Å².